The SMILES string of the molecule is [B]c1cnc2nc(C(F)(F)F)cn2c1. The van der Waals surface area contributed by atoms with Crippen molar-refractivity contribution in [2.45, 2.75) is 6.18 Å². The van der Waals surface area contributed by atoms with Crippen molar-refractivity contribution in [3.63, 3.8) is 0 Å². The fourth-order valence-corrected chi connectivity index (χ4v) is 1.04. The highest BCUT2D eigenvalue weighted by Gasteiger charge is 2.34. The zero-order chi connectivity index (χ0) is 10.3. The summed E-state index contributed by atoms with van der Waals surface area (Å²) < 4.78 is 37.7. The van der Waals surface area contributed by atoms with E-state index in [-0.39, 0.29) is 11.2 Å². The van der Waals surface area contributed by atoms with Gasteiger partial charge in [0.05, 0.1) is 0 Å². The maximum absolute atomic E-state index is 12.2. The molecule has 0 aliphatic rings. The summed E-state index contributed by atoms with van der Waals surface area (Å²) in [5, 5.41) is 0. The minimum atomic E-state index is -4.46. The Morgan fingerprint density at radius 3 is 2.64 bits per heavy atom. The Hall–Kier alpha value is -1.53. The lowest BCUT2D eigenvalue weighted by atomic mass is 10.0. The summed E-state index contributed by atoms with van der Waals surface area (Å²) in [7, 11) is 5.35. The predicted octanol–water partition coefficient (Wildman–Crippen LogP) is 0.542. The Labute approximate surface area is 78.0 Å². The van der Waals surface area contributed by atoms with Crippen LogP contribution in [0.5, 0.6) is 0 Å². The second-order valence-electron chi connectivity index (χ2n) is 2.72. The van der Waals surface area contributed by atoms with Crippen LogP contribution in [0.25, 0.3) is 5.78 Å². The van der Waals surface area contributed by atoms with Crippen LogP contribution in [-0.4, -0.2) is 22.2 Å². The number of aromatic nitrogens is 3. The zero-order valence-corrected chi connectivity index (χ0v) is 6.78. The lowest BCUT2D eigenvalue weighted by Gasteiger charge is -1.98. The van der Waals surface area contributed by atoms with Crippen molar-refractivity contribution in [3.05, 3.63) is 24.3 Å². The van der Waals surface area contributed by atoms with Gasteiger partial charge in [-0.1, -0.05) is 5.46 Å². The number of nitrogens with zero attached hydrogens (tertiary/aromatic N) is 3. The van der Waals surface area contributed by atoms with E-state index in [0.29, 0.717) is 0 Å². The van der Waals surface area contributed by atoms with Crippen molar-refractivity contribution >= 4 is 19.1 Å². The van der Waals surface area contributed by atoms with Gasteiger partial charge in [-0.25, -0.2) is 9.97 Å². The lowest BCUT2D eigenvalue weighted by Crippen LogP contribution is -2.05. The molecule has 0 fully saturated rings. The van der Waals surface area contributed by atoms with E-state index in [4.69, 9.17) is 7.85 Å². The summed E-state index contributed by atoms with van der Waals surface area (Å²) in [5.41, 5.74) is -0.695. The molecule has 0 unspecified atom stereocenters. The zero-order valence-electron chi connectivity index (χ0n) is 6.78. The van der Waals surface area contributed by atoms with Crippen LogP contribution in [0.2, 0.25) is 0 Å². The molecule has 0 bridgehead atoms. The Bertz CT molecular complexity index is 476. The first-order chi connectivity index (χ1) is 6.47. The highest BCUT2D eigenvalue weighted by molar-refractivity contribution is 6.31. The van der Waals surface area contributed by atoms with E-state index >= 15 is 0 Å². The van der Waals surface area contributed by atoms with Gasteiger partial charge < -0.3 is 0 Å². The second kappa shape index (κ2) is 2.73. The summed E-state index contributed by atoms with van der Waals surface area (Å²) >= 11 is 0. The predicted molar refractivity (Wildman–Crippen MR) is 43.4 cm³/mol. The average Bonchev–Trinajstić information content (AvgIpc) is 2.45. The molecular formula is C7H3BF3N3. The van der Waals surface area contributed by atoms with Gasteiger partial charge in [0.15, 0.2) is 5.69 Å². The van der Waals surface area contributed by atoms with Crippen LogP contribution < -0.4 is 5.46 Å². The Kier molecular flexibility index (Phi) is 1.76. The molecule has 0 aromatic carbocycles. The van der Waals surface area contributed by atoms with Crippen LogP contribution in [0.1, 0.15) is 5.69 Å². The minimum Gasteiger partial charge on any atom is -0.291 e. The molecule has 2 rings (SSSR count). The third-order valence-corrected chi connectivity index (χ3v) is 1.62. The normalized spacial score (nSPS) is 12.2. The Morgan fingerprint density at radius 1 is 1.29 bits per heavy atom. The molecule has 2 aromatic rings. The first kappa shape index (κ1) is 9.05. The fraction of sp³-hybridized carbons (Fsp3) is 0.143. The maximum atomic E-state index is 12.2. The van der Waals surface area contributed by atoms with Gasteiger partial charge >= 0.3 is 6.18 Å². The third kappa shape index (κ3) is 1.45. The molecular weight excluding hydrogens is 194 g/mol. The highest BCUT2D eigenvalue weighted by Crippen LogP contribution is 2.27. The molecule has 0 saturated carbocycles. The number of hydrogen-bond donors (Lipinski definition) is 0. The van der Waals surface area contributed by atoms with Crippen LogP contribution in [0.4, 0.5) is 13.2 Å². The molecule has 14 heavy (non-hydrogen) atoms. The molecule has 0 saturated heterocycles. The van der Waals surface area contributed by atoms with Gasteiger partial charge in [0.1, 0.15) is 7.85 Å². The van der Waals surface area contributed by atoms with Crippen LogP contribution in [0.15, 0.2) is 18.6 Å². The molecule has 0 spiro atoms. The standard InChI is InChI=1S/C7H3BF3N3/c8-4-1-12-6-13-5(7(9,10)11)3-14(6)2-4/h1-3H. The largest absolute Gasteiger partial charge is 0.434 e. The van der Waals surface area contributed by atoms with E-state index in [2.05, 4.69) is 9.97 Å². The quantitative estimate of drug-likeness (QED) is 0.577. The molecule has 2 radical (unpaired) electrons. The number of hydrogen-bond acceptors (Lipinski definition) is 2. The second-order valence-corrected chi connectivity index (χ2v) is 2.72. The van der Waals surface area contributed by atoms with Gasteiger partial charge in [-0.05, 0) is 0 Å². The molecule has 0 atom stereocenters. The topological polar surface area (TPSA) is 30.2 Å². The molecule has 70 valence electrons. The Balaban J connectivity index is 2.63. The monoisotopic (exact) mass is 197 g/mol. The van der Waals surface area contributed by atoms with E-state index in [1.807, 2.05) is 0 Å². The van der Waals surface area contributed by atoms with E-state index in [9.17, 15) is 13.2 Å². The van der Waals surface area contributed by atoms with Crippen LogP contribution in [0, 0.1) is 0 Å². The summed E-state index contributed by atoms with van der Waals surface area (Å²) in [6.45, 7) is 0. The maximum Gasteiger partial charge on any atom is 0.434 e. The van der Waals surface area contributed by atoms with Crippen molar-refractivity contribution in [1.29, 1.82) is 0 Å². The highest BCUT2D eigenvalue weighted by atomic mass is 19.4. The van der Waals surface area contributed by atoms with Gasteiger partial charge in [-0.2, -0.15) is 13.2 Å². The van der Waals surface area contributed by atoms with Gasteiger partial charge in [0, 0.05) is 18.6 Å². The van der Waals surface area contributed by atoms with E-state index in [1.54, 1.807) is 0 Å². The molecule has 2 heterocycles. The molecule has 7 heteroatoms. The van der Waals surface area contributed by atoms with Crippen molar-refractivity contribution in [2.24, 2.45) is 0 Å². The molecule has 3 nitrogen and oxygen atoms in total. The first-order valence-corrected chi connectivity index (χ1v) is 3.64. The summed E-state index contributed by atoms with van der Waals surface area (Å²) in [6.07, 6.45) is -1.03. The third-order valence-electron chi connectivity index (χ3n) is 1.62. The lowest BCUT2D eigenvalue weighted by molar-refractivity contribution is -0.140. The molecule has 0 aliphatic heterocycles. The van der Waals surface area contributed by atoms with E-state index in [1.165, 1.54) is 12.4 Å². The van der Waals surface area contributed by atoms with Crippen LogP contribution in [-0.2, 0) is 6.18 Å². The van der Waals surface area contributed by atoms with Crippen molar-refractivity contribution in [1.82, 2.24) is 14.4 Å². The fourth-order valence-electron chi connectivity index (χ4n) is 1.04. The number of rotatable bonds is 0. The first-order valence-electron chi connectivity index (χ1n) is 3.64. The summed E-state index contributed by atoms with van der Waals surface area (Å²) in [4.78, 5) is 6.94. The van der Waals surface area contributed by atoms with E-state index < -0.39 is 11.9 Å². The summed E-state index contributed by atoms with van der Waals surface area (Å²) in [6, 6.07) is 0. The van der Waals surface area contributed by atoms with Crippen molar-refractivity contribution in [3.8, 4) is 0 Å². The van der Waals surface area contributed by atoms with Gasteiger partial charge in [-0.15, -0.1) is 0 Å². The van der Waals surface area contributed by atoms with Crippen LogP contribution in [0.3, 0.4) is 0 Å². The van der Waals surface area contributed by atoms with E-state index in [0.717, 1.165) is 10.6 Å². The molecule has 2 aromatic heterocycles. The number of halogens is 3. The van der Waals surface area contributed by atoms with Gasteiger partial charge in [0.2, 0.25) is 5.78 Å². The van der Waals surface area contributed by atoms with Crippen LogP contribution >= 0.6 is 0 Å². The summed E-state index contributed by atoms with van der Waals surface area (Å²) in [5.74, 6) is -0.0217. The Morgan fingerprint density at radius 2 is 2.00 bits per heavy atom. The van der Waals surface area contributed by atoms with Gasteiger partial charge in [0.25, 0.3) is 0 Å². The minimum absolute atomic E-state index is 0.0217. The van der Waals surface area contributed by atoms with Crippen molar-refractivity contribution < 1.29 is 13.2 Å². The average molecular weight is 197 g/mol. The smallest absolute Gasteiger partial charge is 0.291 e. The number of imidazole rings is 1. The van der Waals surface area contributed by atoms with Gasteiger partial charge in [-0.3, -0.25) is 4.40 Å². The number of fused-ring (bicyclic) bond motifs is 1. The molecule has 0 N–H and O–H groups in total. The molecule has 0 aliphatic carbocycles. The number of alkyl halides is 3. The van der Waals surface area contributed by atoms with Crippen molar-refractivity contribution in [2.75, 3.05) is 0 Å². The molecule has 0 amide bonds.